The van der Waals surface area contributed by atoms with E-state index < -0.39 is 24.9 Å². The molecule has 2 fully saturated rings. The summed E-state index contributed by atoms with van der Waals surface area (Å²) in [5.74, 6) is -3.15. The number of likely N-dealkylation sites (tertiary alicyclic amines) is 1. The van der Waals surface area contributed by atoms with Crippen molar-refractivity contribution in [2.24, 2.45) is 0 Å². The topological polar surface area (TPSA) is 44.4 Å². The number of nitrogens with zero attached hydrogens (tertiary/aromatic N) is 1. The molecule has 4 nitrogen and oxygen atoms in total. The van der Waals surface area contributed by atoms with Crippen LogP contribution in [0.2, 0.25) is 5.02 Å². The third kappa shape index (κ3) is 3.65. The van der Waals surface area contributed by atoms with Gasteiger partial charge in [-0.25, -0.2) is 8.78 Å². The summed E-state index contributed by atoms with van der Waals surface area (Å²) in [6.07, 6.45) is 0.353. The van der Waals surface area contributed by atoms with Crippen LogP contribution in [0.15, 0.2) is 24.3 Å². The van der Waals surface area contributed by atoms with Gasteiger partial charge in [0.25, 0.3) is 5.92 Å². The quantitative estimate of drug-likeness (QED) is 0.884. The minimum Gasteiger partial charge on any atom is -0.350 e. The molecule has 2 saturated heterocycles. The van der Waals surface area contributed by atoms with Crippen molar-refractivity contribution in [3.63, 3.8) is 0 Å². The average molecular weight is 344 g/mol. The Balaban J connectivity index is 1.69. The fraction of sp³-hybridized carbons (Fsp3) is 0.562. The van der Waals surface area contributed by atoms with Gasteiger partial charge in [0.2, 0.25) is 5.91 Å². The maximum atomic E-state index is 13.2. The van der Waals surface area contributed by atoms with E-state index in [2.05, 4.69) is 15.5 Å². The lowest BCUT2D eigenvalue weighted by Crippen LogP contribution is -2.46. The molecule has 0 radical (unpaired) electrons. The Morgan fingerprint density at radius 3 is 2.70 bits per heavy atom. The van der Waals surface area contributed by atoms with Gasteiger partial charge in [0.05, 0.1) is 18.6 Å². The molecule has 1 aromatic rings. The highest BCUT2D eigenvalue weighted by atomic mass is 35.5. The van der Waals surface area contributed by atoms with Crippen LogP contribution in [0, 0.1) is 0 Å². The molecule has 23 heavy (non-hydrogen) atoms. The number of hydrogen-bond acceptors (Lipinski definition) is 3. The van der Waals surface area contributed by atoms with Crippen LogP contribution in [0.1, 0.15) is 24.4 Å². The zero-order valence-electron chi connectivity index (χ0n) is 12.9. The molecule has 2 N–H and O–H groups in total. The van der Waals surface area contributed by atoms with E-state index in [-0.39, 0.29) is 18.0 Å². The SMILES string of the molecule is CN1CCC(NC(=O)C2CC(F)(F)CN2)C1c1ccc(Cl)cc1. The Bertz CT molecular complexity index is 581. The first-order valence-corrected chi connectivity index (χ1v) is 8.11. The third-order valence-electron chi connectivity index (χ3n) is 4.61. The number of likely N-dealkylation sites (N-methyl/N-ethyl adjacent to an activating group) is 1. The van der Waals surface area contributed by atoms with Crippen LogP contribution < -0.4 is 10.6 Å². The Hall–Kier alpha value is -1.24. The Morgan fingerprint density at radius 2 is 2.09 bits per heavy atom. The first-order valence-electron chi connectivity index (χ1n) is 7.73. The van der Waals surface area contributed by atoms with Gasteiger partial charge < -0.3 is 5.32 Å². The molecular weight excluding hydrogens is 324 g/mol. The molecule has 2 aliphatic rings. The normalized spacial score (nSPS) is 30.5. The summed E-state index contributed by atoms with van der Waals surface area (Å²) in [6.45, 7) is 0.406. The van der Waals surface area contributed by atoms with Crippen molar-refractivity contribution in [3.05, 3.63) is 34.9 Å². The van der Waals surface area contributed by atoms with Crippen molar-refractivity contribution in [2.45, 2.75) is 36.9 Å². The molecular formula is C16H20ClF2N3O. The minimum absolute atomic E-state index is 0.0260. The molecule has 0 aromatic heterocycles. The van der Waals surface area contributed by atoms with Gasteiger partial charge in [-0.3, -0.25) is 15.0 Å². The largest absolute Gasteiger partial charge is 0.350 e. The van der Waals surface area contributed by atoms with Gasteiger partial charge in [-0.1, -0.05) is 23.7 Å². The summed E-state index contributed by atoms with van der Waals surface area (Å²) in [7, 11) is 1.99. The Labute approximate surface area is 139 Å². The summed E-state index contributed by atoms with van der Waals surface area (Å²) in [5, 5.41) is 6.20. The maximum Gasteiger partial charge on any atom is 0.262 e. The minimum atomic E-state index is -2.80. The number of carbonyl (C=O) groups is 1. The summed E-state index contributed by atoms with van der Waals surface area (Å²) in [4.78, 5) is 14.4. The van der Waals surface area contributed by atoms with Gasteiger partial charge in [0, 0.05) is 24.0 Å². The number of benzene rings is 1. The van der Waals surface area contributed by atoms with Crippen LogP contribution >= 0.6 is 11.6 Å². The van der Waals surface area contributed by atoms with E-state index in [0.717, 1.165) is 18.5 Å². The zero-order chi connectivity index (χ0) is 16.6. The first-order chi connectivity index (χ1) is 10.9. The maximum absolute atomic E-state index is 13.2. The molecule has 2 heterocycles. The monoisotopic (exact) mass is 343 g/mol. The number of alkyl halides is 2. The first kappa shape index (κ1) is 16.6. The number of halogens is 3. The van der Waals surface area contributed by atoms with E-state index in [4.69, 9.17) is 11.6 Å². The molecule has 1 amide bonds. The highest BCUT2D eigenvalue weighted by Crippen LogP contribution is 2.32. The van der Waals surface area contributed by atoms with Crippen molar-refractivity contribution in [1.82, 2.24) is 15.5 Å². The van der Waals surface area contributed by atoms with Gasteiger partial charge in [-0.05, 0) is 31.2 Å². The molecule has 126 valence electrons. The predicted octanol–water partition coefficient (Wildman–Crippen LogP) is 2.20. The molecule has 0 saturated carbocycles. The lowest BCUT2D eigenvalue weighted by Gasteiger charge is -2.27. The summed E-state index contributed by atoms with van der Waals surface area (Å²) >= 11 is 5.93. The molecule has 3 atom stereocenters. The standard InChI is InChI=1S/C16H20ClF2N3O/c1-22-7-6-12(14(22)10-2-4-11(17)5-3-10)21-15(23)13-8-16(18,19)9-20-13/h2-5,12-14,20H,6-9H2,1H3,(H,21,23). The van der Waals surface area contributed by atoms with Gasteiger partial charge in [0.15, 0.2) is 0 Å². The van der Waals surface area contributed by atoms with Gasteiger partial charge in [-0.2, -0.15) is 0 Å². The summed E-state index contributed by atoms with van der Waals surface area (Å²) < 4.78 is 26.5. The van der Waals surface area contributed by atoms with E-state index in [1.165, 1.54) is 0 Å². The smallest absolute Gasteiger partial charge is 0.262 e. The second-order valence-electron chi connectivity index (χ2n) is 6.37. The van der Waals surface area contributed by atoms with Crippen LogP contribution in [-0.4, -0.2) is 49.0 Å². The van der Waals surface area contributed by atoms with E-state index in [0.29, 0.717) is 5.02 Å². The Morgan fingerprint density at radius 1 is 1.39 bits per heavy atom. The van der Waals surface area contributed by atoms with E-state index in [1.54, 1.807) is 0 Å². The number of hydrogen-bond donors (Lipinski definition) is 2. The van der Waals surface area contributed by atoms with Gasteiger partial charge in [-0.15, -0.1) is 0 Å². The van der Waals surface area contributed by atoms with Gasteiger partial charge >= 0.3 is 0 Å². The van der Waals surface area contributed by atoms with Crippen molar-refractivity contribution in [2.75, 3.05) is 20.1 Å². The van der Waals surface area contributed by atoms with E-state index >= 15 is 0 Å². The summed E-state index contributed by atoms with van der Waals surface area (Å²) in [6, 6.07) is 6.64. The van der Waals surface area contributed by atoms with Crippen LogP contribution in [-0.2, 0) is 4.79 Å². The summed E-state index contributed by atoms with van der Waals surface area (Å²) in [5.41, 5.74) is 1.06. The molecule has 0 aliphatic carbocycles. The van der Waals surface area contributed by atoms with Crippen molar-refractivity contribution in [3.8, 4) is 0 Å². The highest BCUT2D eigenvalue weighted by Gasteiger charge is 2.43. The number of amides is 1. The molecule has 3 rings (SSSR count). The average Bonchev–Trinajstić information content (AvgIpc) is 3.03. The van der Waals surface area contributed by atoms with Crippen LogP contribution in [0.3, 0.4) is 0 Å². The second kappa shape index (κ2) is 6.34. The van der Waals surface area contributed by atoms with Crippen LogP contribution in [0.25, 0.3) is 0 Å². The third-order valence-corrected chi connectivity index (χ3v) is 4.87. The van der Waals surface area contributed by atoms with Crippen molar-refractivity contribution in [1.29, 1.82) is 0 Å². The lowest BCUT2D eigenvalue weighted by molar-refractivity contribution is -0.124. The second-order valence-corrected chi connectivity index (χ2v) is 6.81. The van der Waals surface area contributed by atoms with Crippen LogP contribution in [0.5, 0.6) is 0 Å². The number of rotatable bonds is 3. The molecule has 2 aliphatic heterocycles. The lowest BCUT2D eigenvalue weighted by atomic mass is 9.99. The molecule has 7 heteroatoms. The number of nitrogens with one attached hydrogen (secondary N) is 2. The van der Waals surface area contributed by atoms with Crippen molar-refractivity contribution < 1.29 is 13.6 Å². The molecule has 1 aromatic carbocycles. The molecule has 0 bridgehead atoms. The predicted molar refractivity (Wildman–Crippen MR) is 84.7 cm³/mol. The van der Waals surface area contributed by atoms with Gasteiger partial charge in [0.1, 0.15) is 0 Å². The number of carbonyl (C=O) groups excluding carboxylic acids is 1. The van der Waals surface area contributed by atoms with Crippen molar-refractivity contribution >= 4 is 17.5 Å². The molecule has 3 unspecified atom stereocenters. The zero-order valence-corrected chi connectivity index (χ0v) is 13.6. The molecule has 0 spiro atoms. The Kier molecular flexibility index (Phi) is 4.58. The fourth-order valence-electron chi connectivity index (χ4n) is 3.43. The fourth-order valence-corrected chi connectivity index (χ4v) is 3.55. The van der Waals surface area contributed by atoms with Crippen LogP contribution in [0.4, 0.5) is 8.78 Å². The highest BCUT2D eigenvalue weighted by molar-refractivity contribution is 6.30. The van der Waals surface area contributed by atoms with E-state index in [9.17, 15) is 13.6 Å². The van der Waals surface area contributed by atoms with E-state index in [1.807, 2.05) is 31.3 Å².